The number of thiophene rings is 1. The maximum atomic E-state index is 13.0. The van der Waals surface area contributed by atoms with E-state index in [1.165, 1.54) is 16.2 Å². The van der Waals surface area contributed by atoms with Crippen LogP contribution < -0.4 is 5.32 Å². The van der Waals surface area contributed by atoms with Gasteiger partial charge in [0.2, 0.25) is 16.0 Å². The number of likely N-dealkylation sites (tertiary alicyclic amines) is 1. The van der Waals surface area contributed by atoms with E-state index in [9.17, 15) is 31.2 Å². The lowest BCUT2D eigenvalue weighted by molar-refractivity contribution is -0.126. The van der Waals surface area contributed by atoms with Gasteiger partial charge in [-0.3, -0.25) is 9.80 Å². The van der Waals surface area contributed by atoms with Crippen molar-refractivity contribution < 1.29 is 26.0 Å². The SMILES string of the molecule is Cc1c(CN2CCC(Nc3ncnc4sc(CC(F)(F)F)cc34)CC2)ccc2c1cc(C#N)n2C[C@](C)([Si])N1CCN(S(=O)(=O)CF)CC1. The molecule has 2 saturated heterocycles. The molecule has 0 unspecified atom stereocenters. The van der Waals surface area contributed by atoms with Gasteiger partial charge in [-0.15, -0.1) is 11.3 Å². The first-order valence-electron chi connectivity index (χ1n) is 16.0. The summed E-state index contributed by atoms with van der Waals surface area (Å²) in [6.07, 6.45) is -2.17. The maximum Gasteiger partial charge on any atom is 0.393 e. The van der Waals surface area contributed by atoms with Crippen molar-refractivity contribution in [2.75, 3.05) is 50.6 Å². The van der Waals surface area contributed by atoms with E-state index >= 15 is 0 Å². The van der Waals surface area contributed by atoms with E-state index in [2.05, 4.69) is 60.5 Å². The fourth-order valence-corrected chi connectivity index (χ4v) is 9.13. The minimum absolute atomic E-state index is 0.130. The molecule has 3 radical (unpaired) electrons. The van der Waals surface area contributed by atoms with Crippen LogP contribution in [-0.2, 0) is 29.5 Å². The average Bonchev–Trinajstić information content (AvgIpc) is 3.63. The first-order chi connectivity index (χ1) is 23.2. The Morgan fingerprint density at radius 1 is 1.08 bits per heavy atom. The smallest absolute Gasteiger partial charge is 0.367 e. The number of nitrogens with one attached hydrogen (secondary N) is 1. The van der Waals surface area contributed by atoms with Gasteiger partial charge in [0.1, 0.15) is 28.7 Å². The second kappa shape index (κ2) is 13.9. The number of fused-ring (bicyclic) bond motifs is 2. The monoisotopic (exact) mass is 733 g/mol. The standard InChI is InChI=1S/C32H37F4N8O2S2Si/c1-21-22(17-41-7-5-23(6-8-41)40-29-27-14-25(15-32(34,35)36)47-30(27)39-20-38-29)3-4-28-26(21)13-24(16-37)44(28)18-31(2,49)42-9-11-43(12-10-42)48(45,46)19-33/h3-4,13-14,20,23H,5-12,15,17-19H2,1-2H3,(H,38,39,40)/t31-/m0/s1. The Morgan fingerprint density at radius 2 is 1.80 bits per heavy atom. The van der Waals surface area contributed by atoms with Gasteiger partial charge >= 0.3 is 6.18 Å². The van der Waals surface area contributed by atoms with Crippen LogP contribution in [0, 0.1) is 18.3 Å². The number of hydrogen-bond acceptors (Lipinski definition) is 9. The zero-order valence-electron chi connectivity index (χ0n) is 27.2. The zero-order chi connectivity index (χ0) is 35.1. The molecular weight excluding hydrogens is 697 g/mol. The highest BCUT2D eigenvalue weighted by Gasteiger charge is 2.35. The molecule has 5 heterocycles. The van der Waals surface area contributed by atoms with Crippen LogP contribution in [0.25, 0.3) is 21.1 Å². The topological polar surface area (TPSA) is 110 Å². The number of benzene rings is 1. The fourth-order valence-electron chi connectivity index (χ4n) is 6.87. The van der Waals surface area contributed by atoms with Crippen LogP contribution in [0.1, 0.15) is 41.5 Å². The molecular formula is C32H37F4N8O2S2Si. The number of aromatic nitrogens is 3. The number of halogens is 4. The van der Waals surface area contributed by atoms with Crippen LogP contribution in [0.5, 0.6) is 0 Å². The second-order valence-electron chi connectivity index (χ2n) is 13.0. The molecule has 0 saturated carbocycles. The molecule has 4 aromatic rings. The number of anilines is 1. The number of aryl methyl sites for hydroxylation is 1. The maximum absolute atomic E-state index is 13.0. The van der Waals surface area contributed by atoms with Gasteiger partial charge in [-0.2, -0.15) is 22.7 Å². The van der Waals surface area contributed by atoms with Crippen molar-refractivity contribution in [3.05, 3.63) is 52.3 Å². The van der Waals surface area contributed by atoms with Crippen molar-refractivity contribution in [2.45, 2.75) is 63.6 Å². The van der Waals surface area contributed by atoms with Crippen molar-refractivity contribution >= 4 is 58.5 Å². The van der Waals surface area contributed by atoms with Crippen LogP contribution in [0.3, 0.4) is 0 Å². The predicted octanol–water partition coefficient (Wildman–Crippen LogP) is 4.77. The van der Waals surface area contributed by atoms with Crippen molar-refractivity contribution in [1.82, 2.24) is 28.6 Å². The molecule has 17 heteroatoms. The summed E-state index contributed by atoms with van der Waals surface area (Å²) in [4.78, 5) is 13.8. The third kappa shape index (κ3) is 7.79. The van der Waals surface area contributed by atoms with Crippen LogP contribution in [0.2, 0.25) is 0 Å². The number of hydrogen-bond donors (Lipinski definition) is 1. The normalized spacial score (nSPS) is 19.0. The van der Waals surface area contributed by atoms with E-state index in [0.29, 0.717) is 41.4 Å². The quantitative estimate of drug-likeness (QED) is 0.184. The summed E-state index contributed by atoms with van der Waals surface area (Å²) in [5.74, 6) is 0.568. The van der Waals surface area contributed by atoms with Crippen molar-refractivity contribution in [3.8, 4) is 6.07 Å². The minimum atomic E-state index is -4.28. The number of sulfonamides is 1. The van der Waals surface area contributed by atoms with E-state index in [4.69, 9.17) is 0 Å². The highest BCUT2D eigenvalue weighted by atomic mass is 32.2. The van der Waals surface area contributed by atoms with Gasteiger partial charge in [0.05, 0.1) is 22.0 Å². The summed E-state index contributed by atoms with van der Waals surface area (Å²) in [6, 6.07) is 8.69. The molecule has 3 aromatic heterocycles. The summed E-state index contributed by atoms with van der Waals surface area (Å²) >= 11 is 1.04. The Morgan fingerprint density at radius 3 is 2.45 bits per heavy atom. The van der Waals surface area contributed by atoms with Crippen LogP contribution in [0.4, 0.5) is 23.4 Å². The Kier molecular flexibility index (Phi) is 10.1. The summed E-state index contributed by atoms with van der Waals surface area (Å²) < 4.78 is 79.0. The number of piperidine rings is 1. The Labute approximate surface area is 290 Å². The molecule has 0 spiro atoms. The highest BCUT2D eigenvalue weighted by molar-refractivity contribution is 7.88. The van der Waals surface area contributed by atoms with Crippen molar-refractivity contribution in [2.24, 2.45) is 0 Å². The summed E-state index contributed by atoms with van der Waals surface area (Å²) in [7, 11) is 0.0183. The molecule has 2 aliphatic rings. The molecule has 1 N–H and O–H groups in total. The first-order valence-corrected chi connectivity index (χ1v) is 18.9. The molecule has 2 fully saturated rings. The van der Waals surface area contributed by atoms with Crippen LogP contribution >= 0.6 is 11.3 Å². The number of piperazine rings is 1. The summed E-state index contributed by atoms with van der Waals surface area (Å²) in [5.41, 5.74) is 3.73. The number of alkyl halides is 4. The molecule has 0 bridgehead atoms. The molecule has 10 nitrogen and oxygen atoms in total. The fraction of sp³-hybridized carbons (Fsp3) is 0.531. The van der Waals surface area contributed by atoms with E-state index in [-0.39, 0.29) is 24.0 Å². The molecule has 1 atom stereocenters. The molecule has 0 amide bonds. The van der Waals surface area contributed by atoms with E-state index in [1.54, 1.807) is 6.07 Å². The van der Waals surface area contributed by atoms with E-state index in [1.807, 2.05) is 17.6 Å². The minimum Gasteiger partial charge on any atom is -0.367 e. The van der Waals surface area contributed by atoms with Crippen molar-refractivity contribution in [1.29, 1.82) is 5.26 Å². The summed E-state index contributed by atoms with van der Waals surface area (Å²) in [6.45, 7) is 8.17. The predicted molar refractivity (Wildman–Crippen MR) is 183 cm³/mol. The van der Waals surface area contributed by atoms with Gasteiger partial charge in [0, 0.05) is 79.3 Å². The van der Waals surface area contributed by atoms with Gasteiger partial charge in [-0.1, -0.05) is 6.07 Å². The average molecular weight is 734 g/mol. The number of rotatable bonds is 10. The molecule has 6 rings (SSSR count). The van der Waals surface area contributed by atoms with Crippen LogP contribution in [-0.4, -0.2) is 110 Å². The molecule has 0 aliphatic carbocycles. The number of nitriles is 1. The van der Waals surface area contributed by atoms with Gasteiger partial charge in [0.15, 0.2) is 0 Å². The lowest BCUT2D eigenvalue weighted by Crippen LogP contribution is -2.58. The van der Waals surface area contributed by atoms with Crippen LogP contribution in [0.15, 0.2) is 30.6 Å². The first kappa shape index (κ1) is 35.7. The lowest BCUT2D eigenvalue weighted by atomic mass is 10.0. The van der Waals surface area contributed by atoms with Gasteiger partial charge in [-0.25, -0.2) is 22.8 Å². The third-order valence-electron chi connectivity index (χ3n) is 9.59. The number of nitrogens with zero attached hydrogens (tertiary/aromatic N) is 7. The molecule has 1 aromatic carbocycles. The van der Waals surface area contributed by atoms with Gasteiger partial charge in [0.25, 0.3) is 0 Å². The van der Waals surface area contributed by atoms with E-state index in [0.717, 1.165) is 60.3 Å². The third-order valence-corrected chi connectivity index (χ3v) is 12.5. The molecule has 2 aliphatic heterocycles. The molecule has 261 valence electrons. The molecule has 49 heavy (non-hydrogen) atoms. The zero-order valence-corrected chi connectivity index (χ0v) is 29.9. The van der Waals surface area contributed by atoms with Gasteiger partial charge in [-0.05, 0) is 56.0 Å². The Hall–Kier alpha value is -3.14. The van der Waals surface area contributed by atoms with Crippen molar-refractivity contribution in [3.63, 3.8) is 0 Å². The summed E-state index contributed by atoms with van der Waals surface area (Å²) in [5, 5.41) is 14.5. The largest absolute Gasteiger partial charge is 0.393 e. The Balaban J connectivity index is 1.10. The van der Waals surface area contributed by atoms with Gasteiger partial charge < -0.3 is 9.88 Å². The Bertz CT molecular complexity index is 1980. The lowest BCUT2D eigenvalue weighted by Gasteiger charge is -2.43. The van der Waals surface area contributed by atoms with E-state index < -0.39 is 33.8 Å². The highest BCUT2D eigenvalue weighted by Crippen LogP contribution is 2.34. The second-order valence-corrected chi connectivity index (χ2v) is 17.1.